The van der Waals surface area contributed by atoms with Crippen LogP contribution in [0.5, 0.6) is 11.5 Å². The van der Waals surface area contributed by atoms with Crippen LogP contribution in [0, 0.1) is 16.0 Å². The Morgan fingerprint density at radius 1 is 1.12 bits per heavy atom. The van der Waals surface area contributed by atoms with Crippen molar-refractivity contribution in [3.05, 3.63) is 69.8 Å². The molecule has 1 N–H and O–H groups in total. The normalized spacial score (nSPS) is 22.9. The zero-order chi connectivity index (χ0) is 18.3. The molecule has 0 amide bonds. The molecule has 2 aromatic carbocycles. The van der Waals surface area contributed by atoms with Crippen molar-refractivity contribution in [2.24, 2.45) is 5.92 Å². The summed E-state index contributed by atoms with van der Waals surface area (Å²) >= 11 is 0. The third-order valence-corrected chi connectivity index (χ3v) is 5.35. The van der Waals surface area contributed by atoms with Gasteiger partial charge in [0, 0.05) is 17.5 Å². The van der Waals surface area contributed by atoms with Crippen LogP contribution in [0.25, 0.3) is 0 Å². The van der Waals surface area contributed by atoms with Gasteiger partial charge in [0.05, 0.1) is 36.4 Å². The number of anilines is 1. The number of para-hydroxylation sites is 1. The zero-order valence-electron chi connectivity index (χ0n) is 14.6. The number of fused-ring (bicyclic) bond motifs is 3. The average Bonchev–Trinajstić information content (AvgIpc) is 3.16. The zero-order valence-corrected chi connectivity index (χ0v) is 14.6. The second-order valence-electron chi connectivity index (χ2n) is 6.55. The fraction of sp³-hybridized carbons (Fsp3) is 0.300. The van der Waals surface area contributed by atoms with Crippen molar-refractivity contribution in [3.63, 3.8) is 0 Å². The van der Waals surface area contributed by atoms with E-state index in [4.69, 9.17) is 9.47 Å². The predicted molar refractivity (Wildman–Crippen MR) is 99.0 cm³/mol. The monoisotopic (exact) mass is 352 g/mol. The van der Waals surface area contributed by atoms with Crippen LogP contribution in [0.15, 0.2) is 48.6 Å². The summed E-state index contributed by atoms with van der Waals surface area (Å²) in [7, 11) is 3.24. The van der Waals surface area contributed by atoms with Gasteiger partial charge in [-0.1, -0.05) is 30.4 Å². The minimum absolute atomic E-state index is 0.0189. The quantitative estimate of drug-likeness (QED) is 0.500. The Balaban J connectivity index is 1.90. The molecular formula is C20H20N2O4. The number of methoxy groups -OCH3 is 2. The van der Waals surface area contributed by atoms with Crippen LogP contribution in [0.4, 0.5) is 11.4 Å². The van der Waals surface area contributed by atoms with E-state index >= 15 is 0 Å². The Labute approximate surface area is 151 Å². The van der Waals surface area contributed by atoms with Gasteiger partial charge in [-0.15, -0.1) is 0 Å². The topological polar surface area (TPSA) is 73.6 Å². The van der Waals surface area contributed by atoms with E-state index in [1.54, 1.807) is 20.3 Å². The molecule has 6 nitrogen and oxygen atoms in total. The summed E-state index contributed by atoms with van der Waals surface area (Å²) in [5.41, 5.74) is 2.59. The number of ether oxygens (including phenoxy) is 2. The molecule has 0 spiro atoms. The lowest BCUT2D eigenvalue weighted by Gasteiger charge is -2.38. The fourth-order valence-corrected chi connectivity index (χ4v) is 4.22. The first kappa shape index (κ1) is 16.4. The lowest BCUT2D eigenvalue weighted by Crippen LogP contribution is -2.30. The van der Waals surface area contributed by atoms with Gasteiger partial charge in [0.25, 0.3) is 5.69 Å². The van der Waals surface area contributed by atoms with E-state index in [0.29, 0.717) is 17.0 Å². The van der Waals surface area contributed by atoms with Crippen LogP contribution in [0.3, 0.4) is 0 Å². The van der Waals surface area contributed by atoms with Crippen LogP contribution in [-0.4, -0.2) is 19.1 Å². The molecule has 1 heterocycles. The minimum atomic E-state index is -0.313. The van der Waals surface area contributed by atoms with Crippen LogP contribution in [-0.2, 0) is 0 Å². The smallest absolute Gasteiger partial charge is 0.275 e. The van der Waals surface area contributed by atoms with Crippen molar-refractivity contribution in [1.29, 1.82) is 0 Å². The Kier molecular flexibility index (Phi) is 4.03. The molecule has 1 aliphatic heterocycles. The molecule has 0 radical (unpaired) electrons. The summed E-state index contributed by atoms with van der Waals surface area (Å²) in [5, 5.41) is 15.1. The van der Waals surface area contributed by atoms with Crippen molar-refractivity contribution in [2.45, 2.75) is 18.4 Å². The molecule has 1 aliphatic carbocycles. The first-order chi connectivity index (χ1) is 12.7. The maximum atomic E-state index is 11.6. The van der Waals surface area contributed by atoms with Gasteiger partial charge in [-0.2, -0.15) is 0 Å². The van der Waals surface area contributed by atoms with Crippen molar-refractivity contribution in [1.82, 2.24) is 0 Å². The highest BCUT2D eigenvalue weighted by Crippen LogP contribution is 2.55. The van der Waals surface area contributed by atoms with Crippen molar-refractivity contribution in [3.8, 4) is 11.5 Å². The molecule has 4 rings (SSSR count). The molecule has 134 valence electrons. The van der Waals surface area contributed by atoms with E-state index in [9.17, 15) is 10.1 Å². The number of hydrogen-bond donors (Lipinski definition) is 1. The Morgan fingerprint density at radius 2 is 1.88 bits per heavy atom. The van der Waals surface area contributed by atoms with E-state index in [1.165, 1.54) is 6.07 Å². The number of allylic oxidation sites excluding steroid dienone is 2. The molecule has 0 bridgehead atoms. The van der Waals surface area contributed by atoms with Gasteiger partial charge in [-0.3, -0.25) is 10.1 Å². The summed E-state index contributed by atoms with van der Waals surface area (Å²) < 4.78 is 11.0. The summed E-state index contributed by atoms with van der Waals surface area (Å²) in [4.78, 5) is 11.3. The van der Waals surface area contributed by atoms with Gasteiger partial charge in [0.1, 0.15) is 11.5 Å². The second-order valence-corrected chi connectivity index (χ2v) is 6.55. The van der Waals surface area contributed by atoms with E-state index in [2.05, 4.69) is 17.5 Å². The maximum Gasteiger partial charge on any atom is 0.275 e. The minimum Gasteiger partial charge on any atom is -0.496 e. The van der Waals surface area contributed by atoms with Gasteiger partial charge in [-0.05, 0) is 24.5 Å². The SMILES string of the molecule is COc1ccccc1C1Nc2c(OC)ccc([N+](=O)[O-])c2C2C=CCC21. The van der Waals surface area contributed by atoms with Crippen molar-refractivity contribution < 1.29 is 14.4 Å². The molecule has 0 saturated heterocycles. The highest BCUT2D eigenvalue weighted by Gasteiger charge is 2.43. The maximum absolute atomic E-state index is 11.6. The number of rotatable bonds is 4. The molecule has 0 saturated carbocycles. The van der Waals surface area contributed by atoms with E-state index in [-0.39, 0.29) is 28.5 Å². The van der Waals surface area contributed by atoms with Gasteiger partial charge in [0.2, 0.25) is 0 Å². The van der Waals surface area contributed by atoms with Crippen LogP contribution >= 0.6 is 0 Å². The number of hydrogen-bond acceptors (Lipinski definition) is 5. The first-order valence-electron chi connectivity index (χ1n) is 8.57. The van der Waals surface area contributed by atoms with Gasteiger partial charge in [-0.25, -0.2) is 0 Å². The summed E-state index contributed by atoms with van der Waals surface area (Å²) in [6.07, 6.45) is 5.05. The molecule has 6 heteroatoms. The molecule has 0 fully saturated rings. The number of nitro groups is 1. The van der Waals surface area contributed by atoms with Gasteiger partial charge in [0.15, 0.2) is 0 Å². The van der Waals surface area contributed by atoms with Crippen LogP contribution in [0.2, 0.25) is 0 Å². The third kappa shape index (κ3) is 2.41. The third-order valence-electron chi connectivity index (χ3n) is 5.35. The number of nitrogens with one attached hydrogen (secondary N) is 1. The predicted octanol–water partition coefficient (Wildman–Crippen LogP) is 4.44. The molecular weight excluding hydrogens is 332 g/mol. The summed E-state index contributed by atoms with van der Waals surface area (Å²) in [6, 6.07) is 11.1. The number of nitro benzene ring substituents is 1. The van der Waals surface area contributed by atoms with Gasteiger partial charge >= 0.3 is 0 Å². The standard InChI is InChI=1S/C20H20N2O4/c1-25-16-9-4-3-6-14(16)19-13-8-5-7-12(13)18-15(22(23)24)10-11-17(26-2)20(18)21-19/h3-7,9-13,19,21H,8H2,1-2H3. The lowest BCUT2D eigenvalue weighted by atomic mass is 9.76. The number of benzene rings is 2. The average molecular weight is 352 g/mol. The summed E-state index contributed by atoms with van der Waals surface area (Å²) in [5.74, 6) is 1.58. The molecule has 0 aromatic heterocycles. The highest BCUT2D eigenvalue weighted by atomic mass is 16.6. The number of nitrogens with zero attached hydrogens (tertiary/aromatic N) is 1. The van der Waals surface area contributed by atoms with Crippen molar-refractivity contribution >= 4 is 11.4 Å². The first-order valence-corrected chi connectivity index (χ1v) is 8.57. The molecule has 2 aliphatic rings. The van der Waals surface area contributed by atoms with Crippen LogP contribution < -0.4 is 14.8 Å². The molecule has 26 heavy (non-hydrogen) atoms. The molecule has 3 atom stereocenters. The largest absolute Gasteiger partial charge is 0.496 e. The van der Waals surface area contributed by atoms with E-state index in [1.807, 2.05) is 24.3 Å². The van der Waals surface area contributed by atoms with Crippen LogP contribution in [0.1, 0.15) is 29.5 Å². The Bertz CT molecular complexity index is 893. The molecule has 3 unspecified atom stereocenters. The Hall–Kier alpha value is -3.02. The molecule has 2 aromatic rings. The summed E-state index contributed by atoms with van der Waals surface area (Å²) in [6.45, 7) is 0. The Morgan fingerprint density at radius 3 is 2.62 bits per heavy atom. The fourth-order valence-electron chi connectivity index (χ4n) is 4.22. The van der Waals surface area contributed by atoms with Crippen molar-refractivity contribution in [2.75, 3.05) is 19.5 Å². The lowest BCUT2D eigenvalue weighted by molar-refractivity contribution is -0.385. The van der Waals surface area contributed by atoms with Gasteiger partial charge < -0.3 is 14.8 Å². The van der Waals surface area contributed by atoms with E-state index in [0.717, 1.165) is 17.7 Å². The highest BCUT2D eigenvalue weighted by molar-refractivity contribution is 5.74. The second kappa shape index (κ2) is 6.37. The van der Waals surface area contributed by atoms with E-state index < -0.39 is 0 Å².